The molecule has 1 N–H and O–H groups in total. The summed E-state index contributed by atoms with van der Waals surface area (Å²) in [6.45, 7) is 9.47. The molecule has 118 valence electrons. The van der Waals surface area contributed by atoms with Gasteiger partial charge < -0.3 is 15.0 Å². The molecule has 0 aromatic heterocycles. The van der Waals surface area contributed by atoms with Gasteiger partial charge in [-0.05, 0) is 63.5 Å². The van der Waals surface area contributed by atoms with Crippen LogP contribution in [0.2, 0.25) is 0 Å². The zero-order valence-electron chi connectivity index (χ0n) is 13.7. The van der Waals surface area contributed by atoms with Crippen LogP contribution in [0.25, 0.3) is 0 Å². The lowest BCUT2D eigenvalue weighted by Crippen LogP contribution is -2.48. The van der Waals surface area contributed by atoms with E-state index in [9.17, 15) is 0 Å². The van der Waals surface area contributed by atoms with E-state index in [0.717, 1.165) is 30.5 Å². The van der Waals surface area contributed by atoms with Gasteiger partial charge in [-0.3, -0.25) is 0 Å². The maximum absolute atomic E-state index is 5.14. The Labute approximate surface area is 125 Å². The largest absolute Gasteiger partial charge is 0.385 e. The van der Waals surface area contributed by atoms with E-state index in [1.54, 1.807) is 7.11 Å². The number of nitrogens with one attached hydrogen (secondary N) is 1. The monoisotopic (exact) mass is 282 g/mol. The summed E-state index contributed by atoms with van der Waals surface area (Å²) in [5.74, 6) is 1.82. The first-order valence-electron chi connectivity index (χ1n) is 8.64. The molecule has 0 spiro atoms. The van der Waals surface area contributed by atoms with Crippen molar-refractivity contribution in [3.05, 3.63) is 0 Å². The second-order valence-electron chi connectivity index (χ2n) is 7.24. The third-order valence-corrected chi connectivity index (χ3v) is 5.06. The SMILES string of the molecule is COCCCN1CCC(NC2C[C@H](C)C[C@@H](C)C2)CC1. The lowest BCUT2D eigenvalue weighted by molar-refractivity contribution is 0.143. The molecule has 2 atom stereocenters. The van der Waals surface area contributed by atoms with Crippen molar-refractivity contribution >= 4 is 0 Å². The maximum Gasteiger partial charge on any atom is 0.0474 e. The first kappa shape index (κ1) is 16.3. The molecule has 0 amide bonds. The highest BCUT2D eigenvalue weighted by molar-refractivity contribution is 4.85. The van der Waals surface area contributed by atoms with Crippen LogP contribution in [-0.2, 0) is 4.74 Å². The Morgan fingerprint density at radius 1 is 1.00 bits per heavy atom. The molecule has 1 saturated heterocycles. The Kier molecular flexibility index (Phi) is 6.79. The molecule has 1 aliphatic heterocycles. The molecule has 1 heterocycles. The molecule has 2 fully saturated rings. The highest BCUT2D eigenvalue weighted by Crippen LogP contribution is 2.29. The standard InChI is InChI=1S/C17H34N2O/c1-14-11-15(2)13-17(12-14)18-16-5-8-19(9-6-16)7-4-10-20-3/h14-18H,4-13H2,1-3H3/t14-,15-/m1/s1. The first-order chi connectivity index (χ1) is 9.67. The zero-order valence-corrected chi connectivity index (χ0v) is 13.7. The summed E-state index contributed by atoms with van der Waals surface area (Å²) in [6, 6.07) is 1.54. The minimum Gasteiger partial charge on any atom is -0.385 e. The molecule has 1 saturated carbocycles. The molecule has 2 rings (SSSR count). The fourth-order valence-electron chi connectivity index (χ4n) is 4.17. The molecule has 2 aliphatic rings. The van der Waals surface area contributed by atoms with Gasteiger partial charge in [-0.1, -0.05) is 13.8 Å². The van der Waals surface area contributed by atoms with Gasteiger partial charge in [-0.15, -0.1) is 0 Å². The summed E-state index contributed by atoms with van der Waals surface area (Å²) in [6.07, 6.45) is 8.03. The summed E-state index contributed by atoms with van der Waals surface area (Å²) in [7, 11) is 1.79. The second-order valence-corrected chi connectivity index (χ2v) is 7.24. The van der Waals surface area contributed by atoms with E-state index in [-0.39, 0.29) is 0 Å². The van der Waals surface area contributed by atoms with Crippen molar-refractivity contribution < 1.29 is 4.74 Å². The van der Waals surface area contributed by atoms with Gasteiger partial charge in [0.25, 0.3) is 0 Å². The Hall–Kier alpha value is -0.120. The van der Waals surface area contributed by atoms with E-state index in [1.165, 1.54) is 58.2 Å². The van der Waals surface area contributed by atoms with Crippen LogP contribution in [0.3, 0.4) is 0 Å². The van der Waals surface area contributed by atoms with Gasteiger partial charge >= 0.3 is 0 Å². The molecule has 0 radical (unpaired) electrons. The average molecular weight is 282 g/mol. The topological polar surface area (TPSA) is 24.5 Å². The van der Waals surface area contributed by atoms with Gasteiger partial charge in [0.05, 0.1) is 0 Å². The molecule has 0 bridgehead atoms. The Morgan fingerprint density at radius 3 is 2.25 bits per heavy atom. The van der Waals surface area contributed by atoms with E-state index in [1.807, 2.05) is 0 Å². The van der Waals surface area contributed by atoms with Crippen molar-refractivity contribution in [3.8, 4) is 0 Å². The van der Waals surface area contributed by atoms with Gasteiger partial charge in [0, 0.05) is 32.3 Å². The van der Waals surface area contributed by atoms with Crippen molar-refractivity contribution in [1.82, 2.24) is 10.2 Å². The average Bonchev–Trinajstić information content (AvgIpc) is 2.40. The van der Waals surface area contributed by atoms with Gasteiger partial charge in [-0.25, -0.2) is 0 Å². The number of ether oxygens (including phenoxy) is 1. The predicted molar refractivity (Wildman–Crippen MR) is 85.1 cm³/mol. The Balaban J connectivity index is 1.64. The fourth-order valence-corrected chi connectivity index (χ4v) is 4.17. The quantitative estimate of drug-likeness (QED) is 0.758. The number of hydrogen-bond donors (Lipinski definition) is 1. The summed E-state index contributed by atoms with van der Waals surface area (Å²) in [4.78, 5) is 2.60. The van der Waals surface area contributed by atoms with Crippen molar-refractivity contribution in [1.29, 1.82) is 0 Å². The number of piperidine rings is 1. The third-order valence-electron chi connectivity index (χ3n) is 5.06. The fraction of sp³-hybridized carbons (Fsp3) is 1.00. The van der Waals surface area contributed by atoms with Crippen LogP contribution in [0.15, 0.2) is 0 Å². The molecule has 1 aliphatic carbocycles. The van der Waals surface area contributed by atoms with Crippen molar-refractivity contribution in [3.63, 3.8) is 0 Å². The second kappa shape index (κ2) is 8.35. The summed E-state index contributed by atoms with van der Waals surface area (Å²) in [5.41, 5.74) is 0. The van der Waals surface area contributed by atoms with E-state index < -0.39 is 0 Å². The summed E-state index contributed by atoms with van der Waals surface area (Å²) >= 11 is 0. The minimum atomic E-state index is 0.760. The molecule has 0 aromatic carbocycles. The van der Waals surface area contributed by atoms with Crippen molar-refractivity contribution in [2.75, 3.05) is 33.4 Å². The predicted octanol–water partition coefficient (Wildman–Crippen LogP) is 2.90. The van der Waals surface area contributed by atoms with Gasteiger partial charge in [0.2, 0.25) is 0 Å². The number of rotatable bonds is 6. The van der Waals surface area contributed by atoms with E-state index in [2.05, 4.69) is 24.1 Å². The highest BCUT2D eigenvalue weighted by Gasteiger charge is 2.27. The molecule has 0 aromatic rings. The number of likely N-dealkylation sites (tertiary alicyclic amines) is 1. The Morgan fingerprint density at radius 2 is 1.65 bits per heavy atom. The summed E-state index contributed by atoms with van der Waals surface area (Å²) in [5, 5.41) is 3.96. The molecule has 0 unspecified atom stereocenters. The Bertz CT molecular complexity index is 254. The van der Waals surface area contributed by atoms with Crippen LogP contribution in [0, 0.1) is 11.8 Å². The molecular formula is C17H34N2O. The van der Waals surface area contributed by atoms with E-state index in [0.29, 0.717) is 0 Å². The lowest BCUT2D eigenvalue weighted by Gasteiger charge is -2.38. The molecule has 3 heteroatoms. The van der Waals surface area contributed by atoms with E-state index in [4.69, 9.17) is 4.74 Å². The van der Waals surface area contributed by atoms with Crippen LogP contribution in [0.4, 0.5) is 0 Å². The van der Waals surface area contributed by atoms with Gasteiger partial charge in [0.15, 0.2) is 0 Å². The lowest BCUT2D eigenvalue weighted by atomic mass is 9.80. The van der Waals surface area contributed by atoms with Gasteiger partial charge in [-0.2, -0.15) is 0 Å². The van der Waals surface area contributed by atoms with Crippen LogP contribution < -0.4 is 5.32 Å². The molecule has 20 heavy (non-hydrogen) atoms. The number of methoxy groups -OCH3 is 1. The van der Waals surface area contributed by atoms with Crippen molar-refractivity contribution in [2.45, 2.75) is 64.5 Å². The summed E-state index contributed by atoms with van der Waals surface area (Å²) < 4.78 is 5.14. The van der Waals surface area contributed by atoms with Crippen LogP contribution >= 0.6 is 0 Å². The zero-order chi connectivity index (χ0) is 14.4. The van der Waals surface area contributed by atoms with Crippen molar-refractivity contribution in [2.24, 2.45) is 11.8 Å². The molecular weight excluding hydrogens is 248 g/mol. The maximum atomic E-state index is 5.14. The van der Waals surface area contributed by atoms with Gasteiger partial charge in [0.1, 0.15) is 0 Å². The normalized spacial score (nSPS) is 33.5. The smallest absolute Gasteiger partial charge is 0.0474 e. The van der Waals surface area contributed by atoms with E-state index >= 15 is 0 Å². The van der Waals surface area contributed by atoms with Crippen LogP contribution in [0.1, 0.15) is 52.4 Å². The number of nitrogens with zero attached hydrogens (tertiary/aromatic N) is 1. The number of hydrogen-bond acceptors (Lipinski definition) is 3. The van der Waals surface area contributed by atoms with Crippen LogP contribution in [0.5, 0.6) is 0 Å². The third kappa shape index (κ3) is 5.34. The molecule has 3 nitrogen and oxygen atoms in total. The first-order valence-corrected chi connectivity index (χ1v) is 8.64. The minimum absolute atomic E-state index is 0.760. The van der Waals surface area contributed by atoms with Crippen LogP contribution in [-0.4, -0.2) is 50.3 Å². The highest BCUT2D eigenvalue weighted by atomic mass is 16.5.